The van der Waals surface area contributed by atoms with Crippen LogP contribution in [-0.4, -0.2) is 59.1 Å². The normalized spacial score (nSPS) is 21.3. The molecule has 2 N–H and O–H groups in total. The Morgan fingerprint density at radius 1 is 1.39 bits per heavy atom. The molecule has 1 aliphatic heterocycles. The molecule has 1 saturated heterocycles. The van der Waals surface area contributed by atoms with Gasteiger partial charge in [0, 0.05) is 7.11 Å². The van der Waals surface area contributed by atoms with E-state index in [0.717, 1.165) is 0 Å². The van der Waals surface area contributed by atoms with Crippen LogP contribution >= 0.6 is 0 Å². The molecule has 0 saturated carbocycles. The first kappa shape index (κ1) is 17.7. The smallest absolute Gasteiger partial charge is 0.307 e. The quantitative estimate of drug-likeness (QED) is 0.716. The molecule has 128 valence electrons. The molecule has 1 aliphatic rings. The molecule has 0 aromatic heterocycles. The van der Waals surface area contributed by atoms with E-state index in [1.54, 1.807) is 0 Å². The summed E-state index contributed by atoms with van der Waals surface area (Å²) in [4.78, 5) is 10.7. The van der Waals surface area contributed by atoms with Crippen molar-refractivity contribution in [2.75, 3.05) is 27.4 Å². The molecule has 23 heavy (non-hydrogen) atoms. The minimum absolute atomic E-state index is 0.111. The number of hydrogen-bond acceptors (Lipinski definition) is 6. The topological polar surface area (TPSA) is 111 Å². The Hall–Kier alpha value is -1.68. The second-order valence-corrected chi connectivity index (χ2v) is 6.78. The summed E-state index contributed by atoms with van der Waals surface area (Å²) < 4.78 is 43.2. The van der Waals surface area contributed by atoms with E-state index in [0.29, 0.717) is 12.2 Å². The van der Waals surface area contributed by atoms with E-state index < -0.39 is 22.0 Å². The third-order valence-electron chi connectivity index (χ3n) is 3.51. The number of carboxylic acids is 1. The molecule has 1 heterocycles. The van der Waals surface area contributed by atoms with Crippen LogP contribution in [0.2, 0.25) is 0 Å². The molecule has 1 aromatic carbocycles. The minimum Gasteiger partial charge on any atom is -0.495 e. The van der Waals surface area contributed by atoms with E-state index in [1.807, 2.05) is 0 Å². The SMILES string of the molecule is COc1ccc(CC(=O)O)cc1S(=O)(=O)N[C@H]1COC[C@@H]1OC. The van der Waals surface area contributed by atoms with Crippen LogP contribution in [0.25, 0.3) is 0 Å². The first-order valence-electron chi connectivity index (χ1n) is 6.89. The fourth-order valence-corrected chi connectivity index (χ4v) is 3.82. The second-order valence-electron chi connectivity index (χ2n) is 5.10. The van der Waals surface area contributed by atoms with Gasteiger partial charge in [0.1, 0.15) is 10.6 Å². The van der Waals surface area contributed by atoms with Crippen molar-refractivity contribution in [2.24, 2.45) is 0 Å². The van der Waals surface area contributed by atoms with Gasteiger partial charge in [-0.15, -0.1) is 0 Å². The molecule has 8 nitrogen and oxygen atoms in total. The van der Waals surface area contributed by atoms with Gasteiger partial charge in [0.2, 0.25) is 10.0 Å². The Morgan fingerprint density at radius 2 is 2.13 bits per heavy atom. The number of benzene rings is 1. The van der Waals surface area contributed by atoms with Gasteiger partial charge < -0.3 is 19.3 Å². The lowest BCUT2D eigenvalue weighted by Gasteiger charge is -2.19. The van der Waals surface area contributed by atoms with Gasteiger partial charge in [-0.3, -0.25) is 4.79 Å². The molecular formula is C14H19NO7S. The van der Waals surface area contributed by atoms with Crippen LogP contribution in [0.5, 0.6) is 5.75 Å². The van der Waals surface area contributed by atoms with E-state index in [1.165, 1.54) is 32.4 Å². The van der Waals surface area contributed by atoms with Crippen LogP contribution < -0.4 is 9.46 Å². The molecule has 2 atom stereocenters. The fourth-order valence-electron chi connectivity index (χ4n) is 2.36. The monoisotopic (exact) mass is 345 g/mol. The average molecular weight is 345 g/mol. The molecule has 0 aliphatic carbocycles. The molecule has 1 fully saturated rings. The highest BCUT2D eigenvalue weighted by Crippen LogP contribution is 2.26. The van der Waals surface area contributed by atoms with Crippen LogP contribution in [0.15, 0.2) is 23.1 Å². The largest absolute Gasteiger partial charge is 0.495 e. The van der Waals surface area contributed by atoms with Gasteiger partial charge >= 0.3 is 5.97 Å². The number of ether oxygens (including phenoxy) is 3. The first-order valence-corrected chi connectivity index (χ1v) is 8.37. The summed E-state index contributed by atoms with van der Waals surface area (Å²) in [6, 6.07) is 3.74. The summed E-state index contributed by atoms with van der Waals surface area (Å²) in [5.74, 6) is -0.908. The highest BCUT2D eigenvalue weighted by atomic mass is 32.2. The van der Waals surface area contributed by atoms with Gasteiger partial charge in [-0.2, -0.15) is 0 Å². The zero-order valence-electron chi connectivity index (χ0n) is 12.8. The van der Waals surface area contributed by atoms with Crippen LogP contribution in [0.4, 0.5) is 0 Å². The molecule has 0 spiro atoms. The van der Waals surface area contributed by atoms with Crippen LogP contribution in [-0.2, 0) is 30.7 Å². The van der Waals surface area contributed by atoms with E-state index in [-0.39, 0.29) is 29.8 Å². The van der Waals surface area contributed by atoms with Crippen molar-refractivity contribution < 1.29 is 32.5 Å². The molecule has 2 rings (SSSR count). The third kappa shape index (κ3) is 4.20. The van der Waals surface area contributed by atoms with E-state index in [2.05, 4.69) is 4.72 Å². The standard InChI is InChI=1S/C14H19NO7S/c1-20-11-4-3-9(6-14(16)17)5-13(11)23(18,19)15-10-7-22-8-12(10)21-2/h3-5,10,12,15H,6-8H2,1-2H3,(H,16,17)/t10-,12-/m0/s1. The summed E-state index contributed by atoms with van der Waals surface area (Å²) >= 11 is 0. The number of hydrogen-bond donors (Lipinski definition) is 2. The Morgan fingerprint density at radius 3 is 2.74 bits per heavy atom. The molecular weight excluding hydrogens is 326 g/mol. The van der Waals surface area contributed by atoms with Gasteiger partial charge in [0.25, 0.3) is 0 Å². The molecule has 9 heteroatoms. The lowest BCUT2D eigenvalue weighted by molar-refractivity contribution is -0.136. The van der Waals surface area contributed by atoms with Crippen LogP contribution in [0, 0.1) is 0 Å². The number of aliphatic carboxylic acids is 1. The number of carbonyl (C=O) groups is 1. The lowest BCUT2D eigenvalue weighted by Crippen LogP contribution is -2.43. The summed E-state index contributed by atoms with van der Waals surface area (Å²) in [5, 5.41) is 8.85. The van der Waals surface area contributed by atoms with Crippen molar-refractivity contribution >= 4 is 16.0 Å². The van der Waals surface area contributed by atoms with Crippen molar-refractivity contribution in [3.05, 3.63) is 23.8 Å². The summed E-state index contributed by atoms with van der Waals surface area (Å²) in [6.45, 7) is 0.509. The van der Waals surface area contributed by atoms with Crippen molar-refractivity contribution in [3.63, 3.8) is 0 Å². The number of sulfonamides is 1. The van der Waals surface area contributed by atoms with Crippen molar-refractivity contribution in [1.82, 2.24) is 4.72 Å². The molecule has 1 aromatic rings. The molecule has 0 unspecified atom stereocenters. The molecule has 0 bridgehead atoms. The van der Waals surface area contributed by atoms with Crippen molar-refractivity contribution in [3.8, 4) is 5.75 Å². The van der Waals surface area contributed by atoms with Crippen LogP contribution in [0.3, 0.4) is 0 Å². The number of rotatable bonds is 7. The van der Waals surface area contributed by atoms with Crippen LogP contribution in [0.1, 0.15) is 5.56 Å². The second kappa shape index (κ2) is 7.26. The Balaban J connectivity index is 2.31. The maximum absolute atomic E-state index is 12.6. The molecule has 0 radical (unpaired) electrons. The number of nitrogens with one attached hydrogen (secondary N) is 1. The zero-order valence-corrected chi connectivity index (χ0v) is 13.6. The fraction of sp³-hybridized carbons (Fsp3) is 0.500. The first-order chi connectivity index (χ1) is 10.9. The third-order valence-corrected chi connectivity index (χ3v) is 5.02. The lowest BCUT2D eigenvalue weighted by atomic mass is 10.1. The zero-order chi connectivity index (χ0) is 17.0. The Labute approximate surface area is 134 Å². The Bertz CT molecular complexity index is 674. The molecule has 0 amide bonds. The number of carboxylic acid groups (broad SMARTS) is 1. The van der Waals surface area contributed by atoms with Gasteiger partial charge in [-0.05, 0) is 17.7 Å². The highest BCUT2D eigenvalue weighted by Gasteiger charge is 2.33. The average Bonchev–Trinajstić information content (AvgIpc) is 2.93. The highest BCUT2D eigenvalue weighted by molar-refractivity contribution is 7.89. The summed E-state index contributed by atoms with van der Waals surface area (Å²) in [6.07, 6.45) is -0.655. The van der Waals surface area contributed by atoms with Gasteiger partial charge in [0.05, 0.1) is 38.9 Å². The number of methoxy groups -OCH3 is 2. The van der Waals surface area contributed by atoms with E-state index in [4.69, 9.17) is 19.3 Å². The maximum atomic E-state index is 12.6. The van der Waals surface area contributed by atoms with E-state index in [9.17, 15) is 13.2 Å². The van der Waals surface area contributed by atoms with Gasteiger partial charge in [0.15, 0.2) is 0 Å². The van der Waals surface area contributed by atoms with Gasteiger partial charge in [-0.1, -0.05) is 6.07 Å². The maximum Gasteiger partial charge on any atom is 0.307 e. The van der Waals surface area contributed by atoms with Crippen molar-refractivity contribution in [1.29, 1.82) is 0 Å². The predicted octanol–water partition coefficient (Wildman–Crippen LogP) is 0.0144. The van der Waals surface area contributed by atoms with Crippen molar-refractivity contribution in [2.45, 2.75) is 23.5 Å². The summed E-state index contributed by atoms with van der Waals surface area (Å²) in [7, 11) is -1.09. The predicted molar refractivity (Wildman–Crippen MR) is 80.1 cm³/mol. The van der Waals surface area contributed by atoms with Gasteiger partial charge in [-0.25, -0.2) is 13.1 Å². The van der Waals surface area contributed by atoms with E-state index >= 15 is 0 Å². The summed E-state index contributed by atoms with van der Waals surface area (Å²) in [5.41, 5.74) is 0.365. The Kier molecular flexibility index (Phi) is 5.58. The minimum atomic E-state index is -3.92.